The number of rotatable bonds is 2. The van der Waals surface area contributed by atoms with Gasteiger partial charge in [-0.15, -0.1) is 0 Å². The number of nitrogens with zero attached hydrogens (tertiary/aromatic N) is 1. The van der Waals surface area contributed by atoms with Crippen molar-refractivity contribution in [3.8, 4) is 0 Å². The lowest BCUT2D eigenvalue weighted by atomic mass is 9.88. The van der Waals surface area contributed by atoms with Crippen molar-refractivity contribution in [2.75, 3.05) is 0 Å². The van der Waals surface area contributed by atoms with Crippen LogP contribution in [-0.2, 0) is 0 Å². The molecule has 0 heterocycles. The summed E-state index contributed by atoms with van der Waals surface area (Å²) < 4.78 is 0. The largest absolute Gasteiger partial charge is 0.265 e. The molecular weight excluding hydrogens is 146 g/mol. The first-order chi connectivity index (χ1) is 5.34. The molecule has 1 nitrogen and oxygen atoms in total. The molecule has 1 heteroatoms. The minimum atomic E-state index is 0.215. The second-order valence-electron chi connectivity index (χ2n) is 4.19. The minimum Gasteiger partial charge on any atom is -0.265 e. The van der Waals surface area contributed by atoms with Crippen molar-refractivity contribution < 1.29 is 0 Å². The number of allylic oxidation sites excluding steroid dienone is 2. The van der Waals surface area contributed by atoms with Gasteiger partial charge >= 0.3 is 0 Å². The van der Waals surface area contributed by atoms with E-state index in [0.29, 0.717) is 0 Å². The molecular formula is C11H19N. The van der Waals surface area contributed by atoms with Crippen molar-refractivity contribution in [1.82, 2.24) is 0 Å². The quantitative estimate of drug-likeness (QED) is 0.554. The lowest BCUT2D eigenvalue weighted by molar-refractivity contribution is 0.503. The predicted octanol–water partition coefficient (Wildman–Crippen LogP) is 3.58. The van der Waals surface area contributed by atoms with E-state index >= 15 is 0 Å². The smallest absolute Gasteiger partial charge is 0.0291 e. The van der Waals surface area contributed by atoms with Crippen LogP contribution < -0.4 is 0 Å². The van der Waals surface area contributed by atoms with Crippen LogP contribution in [-0.4, -0.2) is 6.21 Å². The molecule has 0 unspecified atom stereocenters. The van der Waals surface area contributed by atoms with E-state index in [0.717, 1.165) is 5.57 Å². The third-order valence-electron chi connectivity index (χ3n) is 1.75. The maximum atomic E-state index is 4.15. The van der Waals surface area contributed by atoms with Crippen LogP contribution in [0.25, 0.3) is 0 Å². The molecule has 0 aliphatic carbocycles. The van der Waals surface area contributed by atoms with E-state index in [1.807, 2.05) is 13.1 Å². The van der Waals surface area contributed by atoms with Gasteiger partial charge in [0.25, 0.3) is 0 Å². The molecule has 0 rings (SSSR count). The van der Waals surface area contributed by atoms with Crippen molar-refractivity contribution in [2.45, 2.75) is 34.6 Å². The third kappa shape index (κ3) is 4.89. The van der Waals surface area contributed by atoms with Gasteiger partial charge in [0.2, 0.25) is 0 Å². The number of hydrogen-bond donors (Lipinski definition) is 0. The van der Waals surface area contributed by atoms with Crippen LogP contribution in [0.5, 0.6) is 0 Å². The predicted molar refractivity (Wildman–Crippen MR) is 56.5 cm³/mol. The average molecular weight is 165 g/mol. The van der Waals surface area contributed by atoms with Crippen LogP contribution in [0.3, 0.4) is 0 Å². The highest BCUT2D eigenvalue weighted by Crippen LogP contribution is 2.23. The number of hydrogen-bond acceptors (Lipinski definition) is 1. The fourth-order valence-corrected chi connectivity index (χ4v) is 0.470. The third-order valence-corrected chi connectivity index (χ3v) is 1.75. The summed E-state index contributed by atoms with van der Waals surface area (Å²) in [5.41, 5.74) is 2.47. The molecule has 0 aromatic rings. The molecule has 0 atom stereocenters. The molecule has 0 saturated carbocycles. The van der Waals surface area contributed by atoms with E-state index in [9.17, 15) is 0 Å². The van der Waals surface area contributed by atoms with Crippen LogP contribution in [0, 0.1) is 5.41 Å². The van der Waals surface area contributed by atoms with Gasteiger partial charge in [0.05, 0.1) is 0 Å². The molecule has 0 amide bonds. The Bertz CT molecular complexity index is 214. The summed E-state index contributed by atoms with van der Waals surface area (Å²) in [6.45, 7) is 14.3. The van der Waals surface area contributed by atoms with Crippen LogP contribution in [0.15, 0.2) is 28.9 Å². The molecule has 0 N–H and O–H groups in total. The summed E-state index contributed by atoms with van der Waals surface area (Å²) in [7, 11) is 0. The Morgan fingerprint density at radius 2 is 1.75 bits per heavy atom. The highest BCUT2D eigenvalue weighted by molar-refractivity contribution is 5.77. The van der Waals surface area contributed by atoms with Crippen LogP contribution >= 0.6 is 0 Å². The van der Waals surface area contributed by atoms with Gasteiger partial charge < -0.3 is 0 Å². The standard InChI is InChI=1S/C11H19N/c1-9(2)7-12-8-10(3)11(4,5)6/h7-8H,1H2,2-6H3/b10-8+,12-7-. The molecule has 0 aromatic heterocycles. The maximum Gasteiger partial charge on any atom is 0.0291 e. The highest BCUT2D eigenvalue weighted by atomic mass is 14.7. The Hall–Kier alpha value is -0.850. The first-order valence-corrected chi connectivity index (χ1v) is 4.20. The fraction of sp³-hybridized carbons (Fsp3) is 0.545. The Kier molecular flexibility index (Phi) is 3.94. The Morgan fingerprint density at radius 1 is 1.25 bits per heavy atom. The molecule has 12 heavy (non-hydrogen) atoms. The van der Waals surface area contributed by atoms with Gasteiger partial charge in [0.15, 0.2) is 0 Å². The SMILES string of the molecule is C=C(C)/C=N\C=C(/C)C(C)(C)C. The van der Waals surface area contributed by atoms with E-state index in [-0.39, 0.29) is 5.41 Å². The topological polar surface area (TPSA) is 12.4 Å². The lowest BCUT2D eigenvalue weighted by Crippen LogP contribution is -2.05. The molecule has 0 fully saturated rings. The monoisotopic (exact) mass is 165 g/mol. The van der Waals surface area contributed by atoms with Gasteiger partial charge in [-0.1, -0.05) is 27.4 Å². The van der Waals surface area contributed by atoms with Gasteiger partial charge in [-0.05, 0) is 30.4 Å². The zero-order valence-electron chi connectivity index (χ0n) is 8.81. The Labute approximate surface area is 75.9 Å². The van der Waals surface area contributed by atoms with Gasteiger partial charge in [0, 0.05) is 12.4 Å². The molecule has 0 radical (unpaired) electrons. The van der Waals surface area contributed by atoms with Crippen LogP contribution in [0.2, 0.25) is 0 Å². The molecule has 0 spiro atoms. The highest BCUT2D eigenvalue weighted by Gasteiger charge is 2.11. The van der Waals surface area contributed by atoms with E-state index in [2.05, 4.69) is 39.3 Å². The van der Waals surface area contributed by atoms with Gasteiger partial charge in [-0.2, -0.15) is 0 Å². The van der Waals surface area contributed by atoms with Crippen molar-refractivity contribution in [3.05, 3.63) is 23.9 Å². The van der Waals surface area contributed by atoms with E-state index in [4.69, 9.17) is 0 Å². The second kappa shape index (κ2) is 4.24. The van der Waals surface area contributed by atoms with Crippen molar-refractivity contribution in [2.24, 2.45) is 10.4 Å². The van der Waals surface area contributed by atoms with Crippen LogP contribution in [0.1, 0.15) is 34.6 Å². The van der Waals surface area contributed by atoms with Gasteiger partial charge in [-0.3, -0.25) is 4.99 Å². The zero-order valence-corrected chi connectivity index (χ0v) is 8.81. The van der Waals surface area contributed by atoms with E-state index in [1.54, 1.807) is 6.21 Å². The van der Waals surface area contributed by atoms with Crippen molar-refractivity contribution in [3.63, 3.8) is 0 Å². The second-order valence-corrected chi connectivity index (χ2v) is 4.19. The minimum absolute atomic E-state index is 0.215. The fourth-order valence-electron chi connectivity index (χ4n) is 0.470. The Balaban J connectivity index is 4.29. The first-order valence-electron chi connectivity index (χ1n) is 4.20. The molecule has 0 aromatic carbocycles. The summed E-state index contributed by atoms with van der Waals surface area (Å²) in [5, 5.41) is 0. The van der Waals surface area contributed by atoms with Crippen LogP contribution in [0.4, 0.5) is 0 Å². The summed E-state index contributed by atoms with van der Waals surface area (Å²) in [6.07, 6.45) is 3.67. The maximum absolute atomic E-state index is 4.15. The van der Waals surface area contributed by atoms with Crippen molar-refractivity contribution in [1.29, 1.82) is 0 Å². The lowest BCUT2D eigenvalue weighted by Gasteiger charge is -2.18. The average Bonchev–Trinajstić information content (AvgIpc) is 1.84. The summed E-state index contributed by atoms with van der Waals surface area (Å²) in [5.74, 6) is 0. The summed E-state index contributed by atoms with van der Waals surface area (Å²) >= 11 is 0. The molecule has 0 aliphatic heterocycles. The molecule has 0 aliphatic rings. The van der Waals surface area contributed by atoms with E-state index in [1.165, 1.54) is 5.57 Å². The summed E-state index contributed by atoms with van der Waals surface area (Å²) in [6, 6.07) is 0. The molecule has 0 bridgehead atoms. The normalized spacial score (nSPS) is 13.9. The van der Waals surface area contributed by atoms with Crippen molar-refractivity contribution >= 4 is 6.21 Å². The number of aliphatic imine (C=N–C) groups is 1. The Morgan fingerprint density at radius 3 is 2.08 bits per heavy atom. The first kappa shape index (κ1) is 11.2. The molecule has 0 saturated heterocycles. The zero-order chi connectivity index (χ0) is 9.78. The van der Waals surface area contributed by atoms with E-state index < -0.39 is 0 Å². The summed E-state index contributed by atoms with van der Waals surface area (Å²) in [4.78, 5) is 4.15. The van der Waals surface area contributed by atoms with Gasteiger partial charge in [-0.25, -0.2) is 0 Å². The molecule has 68 valence electrons. The van der Waals surface area contributed by atoms with Gasteiger partial charge in [0.1, 0.15) is 0 Å².